The van der Waals surface area contributed by atoms with Gasteiger partial charge in [0.1, 0.15) is 0 Å². The Hall–Kier alpha value is -1.44. The third-order valence-electron chi connectivity index (χ3n) is 4.53. The van der Waals surface area contributed by atoms with Crippen molar-refractivity contribution in [2.75, 3.05) is 32.0 Å². The molecule has 0 spiro atoms. The van der Waals surface area contributed by atoms with Crippen LogP contribution in [-0.4, -0.2) is 49.6 Å². The number of likely N-dealkylation sites (N-methyl/N-ethyl adjacent to an activating group) is 1. The molecule has 134 valence electrons. The van der Waals surface area contributed by atoms with Crippen LogP contribution >= 0.6 is 0 Å². The quantitative estimate of drug-likeness (QED) is 0.883. The van der Waals surface area contributed by atoms with Crippen molar-refractivity contribution in [1.82, 2.24) is 8.61 Å². The maximum atomic E-state index is 12.6. The van der Waals surface area contributed by atoms with Gasteiger partial charge in [0.2, 0.25) is 5.91 Å². The Balaban J connectivity index is 2.01. The summed E-state index contributed by atoms with van der Waals surface area (Å²) >= 11 is 0. The molecule has 0 radical (unpaired) electrons. The lowest BCUT2D eigenvalue weighted by Crippen LogP contribution is -2.45. The number of aryl methyl sites for hydroxylation is 1. The molecule has 2 rings (SSSR count). The fourth-order valence-electron chi connectivity index (χ4n) is 2.83. The Morgan fingerprint density at radius 3 is 2.42 bits per heavy atom. The molecule has 0 atom stereocenters. The zero-order valence-corrected chi connectivity index (χ0v) is 15.5. The van der Waals surface area contributed by atoms with Gasteiger partial charge in [0.15, 0.2) is 0 Å². The van der Waals surface area contributed by atoms with Gasteiger partial charge in [0.05, 0.1) is 6.54 Å². The van der Waals surface area contributed by atoms with Crippen LogP contribution in [0.1, 0.15) is 36.8 Å². The first-order chi connectivity index (χ1) is 11.3. The standard InChI is InChI=1S/C17H27N3O3S/c1-14-9-8-10-16(15(14)2)18-17(21)13-19(3)24(22,23)20-11-6-4-5-7-12-20/h8-10H,4-7,11-13H2,1-3H3,(H,18,21). The molecular weight excluding hydrogens is 326 g/mol. The molecule has 0 unspecified atom stereocenters. The van der Waals surface area contributed by atoms with E-state index in [1.807, 2.05) is 32.0 Å². The molecule has 0 bridgehead atoms. The molecule has 6 nitrogen and oxygen atoms in total. The van der Waals surface area contributed by atoms with Gasteiger partial charge in [0, 0.05) is 25.8 Å². The smallest absolute Gasteiger partial charge is 0.282 e. The topological polar surface area (TPSA) is 69.7 Å². The molecule has 7 heteroatoms. The van der Waals surface area contributed by atoms with Crippen LogP contribution in [0.4, 0.5) is 5.69 Å². The van der Waals surface area contributed by atoms with E-state index in [9.17, 15) is 13.2 Å². The maximum Gasteiger partial charge on any atom is 0.282 e. The van der Waals surface area contributed by atoms with Crippen LogP contribution in [-0.2, 0) is 15.0 Å². The minimum Gasteiger partial charge on any atom is -0.325 e. The minimum atomic E-state index is -3.59. The SMILES string of the molecule is Cc1cccc(NC(=O)CN(C)S(=O)(=O)N2CCCCCC2)c1C. The van der Waals surface area contributed by atoms with Crippen molar-refractivity contribution in [1.29, 1.82) is 0 Å². The van der Waals surface area contributed by atoms with E-state index in [0.29, 0.717) is 13.1 Å². The van der Waals surface area contributed by atoms with Crippen molar-refractivity contribution in [3.63, 3.8) is 0 Å². The van der Waals surface area contributed by atoms with Crippen LogP contribution in [0.25, 0.3) is 0 Å². The lowest BCUT2D eigenvalue weighted by molar-refractivity contribution is -0.116. The van der Waals surface area contributed by atoms with Gasteiger partial charge < -0.3 is 5.32 Å². The molecule has 0 aromatic heterocycles. The predicted molar refractivity (Wildman–Crippen MR) is 96.1 cm³/mol. The van der Waals surface area contributed by atoms with Crippen LogP contribution in [0.2, 0.25) is 0 Å². The molecule has 1 aliphatic rings. The summed E-state index contributed by atoms with van der Waals surface area (Å²) in [6.07, 6.45) is 3.87. The second-order valence-electron chi connectivity index (χ2n) is 6.37. The van der Waals surface area contributed by atoms with Crippen LogP contribution < -0.4 is 5.32 Å². The number of carbonyl (C=O) groups is 1. The third-order valence-corrected chi connectivity index (χ3v) is 6.46. The van der Waals surface area contributed by atoms with E-state index < -0.39 is 10.2 Å². The van der Waals surface area contributed by atoms with E-state index in [0.717, 1.165) is 46.8 Å². The van der Waals surface area contributed by atoms with Gasteiger partial charge in [0.25, 0.3) is 10.2 Å². The van der Waals surface area contributed by atoms with Gasteiger partial charge in [-0.2, -0.15) is 17.0 Å². The highest BCUT2D eigenvalue weighted by Gasteiger charge is 2.28. The molecule has 1 fully saturated rings. The molecular formula is C17H27N3O3S. The number of amides is 1. The summed E-state index contributed by atoms with van der Waals surface area (Å²) in [5, 5.41) is 2.81. The second kappa shape index (κ2) is 8.09. The minimum absolute atomic E-state index is 0.188. The molecule has 1 aromatic rings. The lowest BCUT2D eigenvalue weighted by Gasteiger charge is -2.26. The van der Waals surface area contributed by atoms with Crippen LogP contribution in [0.3, 0.4) is 0 Å². The lowest BCUT2D eigenvalue weighted by atomic mass is 10.1. The summed E-state index contributed by atoms with van der Waals surface area (Å²) in [5.74, 6) is -0.329. The Labute approximate surface area is 145 Å². The van der Waals surface area contributed by atoms with E-state index in [2.05, 4.69) is 5.32 Å². The number of anilines is 1. The molecule has 1 aliphatic heterocycles. The molecule has 24 heavy (non-hydrogen) atoms. The van der Waals surface area contributed by atoms with Gasteiger partial charge in [-0.1, -0.05) is 25.0 Å². The zero-order chi connectivity index (χ0) is 17.7. The summed E-state index contributed by atoms with van der Waals surface area (Å²) in [6.45, 7) is 4.78. The van der Waals surface area contributed by atoms with Gasteiger partial charge in [-0.15, -0.1) is 0 Å². The highest BCUT2D eigenvalue weighted by atomic mass is 32.2. The average Bonchev–Trinajstić information content (AvgIpc) is 2.81. The highest BCUT2D eigenvalue weighted by Crippen LogP contribution is 2.19. The van der Waals surface area contributed by atoms with Crippen LogP contribution in [0, 0.1) is 13.8 Å². The first-order valence-corrected chi connectivity index (χ1v) is 9.79. The number of hydrogen-bond acceptors (Lipinski definition) is 3. The Morgan fingerprint density at radius 1 is 1.17 bits per heavy atom. The molecule has 1 saturated heterocycles. The summed E-state index contributed by atoms with van der Waals surface area (Å²) in [7, 11) is -2.12. The van der Waals surface area contributed by atoms with E-state index in [-0.39, 0.29) is 12.5 Å². The number of nitrogens with one attached hydrogen (secondary N) is 1. The number of rotatable bonds is 5. The van der Waals surface area contributed by atoms with E-state index >= 15 is 0 Å². The molecule has 0 saturated carbocycles. The Bertz CT molecular complexity index is 680. The summed E-state index contributed by atoms with van der Waals surface area (Å²) in [4.78, 5) is 12.2. The molecule has 1 amide bonds. The average molecular weight is 353 g/mol. The zero-order valence-electron chi connectivity index (χ0n) is 14.7. The van der Waals surface area contributed by atoms with Crippen molar-refractivity contribution >= 4 is 21.8 Å². The number of carbonyl (C=O) groups excluding carboxylic acids is 1. The van der Waals surface area contributed by atoms with Gasteiger partial charge in [-0.3, -0.25) is 4.79 Å². The number of nitrogens with zero attached hydrogens (tertiary/aromatic N) is 2. The molecule has 0 aliphatic carbocycles. The largest absolute Gasteiger partial charge is 0.325 e. The van der Waals surface area contributed by atoms with Crippen molar-refractivity contribution in [2.45, 2.75) is 39.5 Å². The summed E-state index contributed by atoms with van der Waals surface area (Å²) in [5.41, 5.74) is 2.79. The molecule has 1 N–H and O–H groups in total. The van der Waals surface area contributed by atoms with E-state index in [1.54, 1.807) is 0 Å². The number of benzene rings is 1. The third kappa shape index (κ3) is 4.55. The van der Waals surface area contributed by atoms with E-state index in [1.165, 1.54) is 11.4 Å². The van der Waals surface area contributed by atoms with Gasteiger partial charge in [-0.05, 0) is 43.9 Å². The van der Waals surface area contributed by atoms with Crippen LogP contribution in [0.5, 0.6) is 0 Å². The van der Waals surface area contributed by atoms with Gasteiger partial charge in [-0.25, -0.2) is 0 Å². The summed E-state index contributed by atoms with van der Waals surface area (Å²) in [6, 6.07) is 5.67. The van der Waals surface area contributed by atoms with Crippen molar-refractivity contribution < 1.29 is 13.2 Å². The Morgan fingerprint density at radius 2 is 1.79 bits per heavy atom. The maximum absolute atomic E-state index is 12.6. The fourth-order valence-corrected chi connectivity index (χ4v) is 4.22. The molecule has 1 heterocycles. The number of hydrogen-bond donors (Lipinski definition) is 1. The van der Waals surface area contributed by atoms with E-state index in [4.69, 9.17) is 0 Å². The normalized spacial score (nSPS) is 16.8. The highest BCUT2D eigenvalue weighted by molar-refractivity contribution is 7.86. The molecule has 1 aromatic carbocycles. The summed E-state index contributed by atoms with van der Waals surface area (Å²) < 4.78 is 27.9. The van der Waals surface area contributed by atoms with Gasteiger partial charge >= 0.3 is 0 Å². The first kappa shape index (κ1) is 18.9. The van der Waals surface area contributed by atoms with Crippen LogP contribution in [0.15, 0.2) is 18.2 Å². The first-order valence-electron chi connectivity index (χ1n) is 8.40. The van der Waals surface area contributed by atoms with Crippen molar-refractivity contribution in [2.24, 2.45) is 0 Å². The predicted octanol–water partition coefficient (Wildman–Crippen LogP) is 2.29. The fraction of sp³-hybridized carbons (Fsp3) is 0.588. The monoisotopic (exact) mass is 353 g/mol. The van der Waals surface area contributed by atoms with Crippen molar-refractivity contribution in [3.8, 4) is 0 Å². The Kier molecular flexibility index (Phi) is 6.37. The second-order valence-corrected chi connectivity index (χ2v) is 8.41. The van der Waals surface area contributed by atoms with Crippen molar-refractivity contribution in [3.05, 3.63) is 29.3 Å².